The predicted octanol–water partition coefficient (Wildman–Crippen LogP) is 4.39. The van der Waals surface area contributed by atoms with Crippen LogP contribution in [0.2, 0.25) is 0 Å². The van der Waals surface area contributed by atoms with Gasteiger partial charge in [0.1, 0.15) is 34.2 Å². The molecule has 3 aromatic heterocycles. The van der Waals surface area contributed by atoms with Crippen molar-refractivity contribution in [1.29, 1.82) is 0 Å². The monoisotopic (exact) mass is 416 g/mol. The fourth-order valence-electron chi connectivity index (χ4n) is 3.84. The molecule has 3 heterocycles. The SMILES string of the molecule is Cc1ccc(C(c2c(O)c3ccccc3oc2=O)c2c(O)c3ccccc3oc2=O)o1. The molecule has 7 nitrogen and oxygen atoms in total. The van der Waals surface area contributed by atoms with Crippen molar-refractivity contribution in [2.75, 3.05) is 0 Å². The molecule has 0 aliphatic rings. The standard InChI is InChI=1S/C24H16O7/c1-12-10-11-17(29-12)18(19-21(25)13-6-2-4-8-15(13)30-23(19)27)20-22(26)14-7-3-5-9-16(14)31-24(20)28/h2-11,18,25-26H,1H3. The molecule has 2 aromatic carbocycles. The molecular formula is C24H16O7. The molecule has 0 aliphatic heterocycles. The Hall–Kier alpha value is -4.26. The normalized spacial score (nSPS) is 11.5. The molecule has 0 amide bonds. The number of hydrogen-bond acceptors (Lipinski definition) is 7. The summed E-state index contributed by atoms with van der Waals surface area (Å²) in [6, 6.07) is 16.2. The molecule has 7 heteroatoms. The van der Waals surface area contributed by atoms with Gasteiger partial charge in [0.05, 0.1) is 27.8 Å². The molecule has 0 fully saturated rings. The van der Waals surface area contributed by atoms with Crippen molar-refractivity contribution in [2.24, 2.45) is 0 Å². The van der Waals surface area contributed by atoms with Crippen molar-refractivity contribution < 1.29 is 23.5 Å². The molecular weight excluding hydrogens is 400 g/mol. The van der Waals surface area contributed by atoms with Gasteiger partial charge in [-0.05, 0) is 43.3 Å². The van der Waals surface area contributed by atoms with Crippen molar-refractivity contribution in [2.45, 2.75) is 12.8 Å². The van der Waals surface area contributed by atoms with Crippen molar-refractivity contribution in [3.05, 3.63) is 104 Å². The van der Waals surface area contributed by atoms with E-state index in [-0.39, 0.29) is 50.3 Å². The second-order valence-corrected chi connectivity index (χ2v) is 7.18. The summed E-state index contributed by atoms with van der Waals surface area (Å²) in [6.07, 6.45) is 0. The van der Waals surface area contributed by atoms with Gasteiger partial charge in [0, 0.05) is 0 Å². The van der Waals surface area contributed by atoms with Gasteiger partial charge in [0.25, 0.3) is 0 Å². The number of benzene rings is 2. The summed E-state index contributed by atoms with van der Waals surface area (Å²) in [5, 5.41) is 22.6. The van der Waals surface area contributed by atoms with Crippen LogP contribution in [-0.2, 0) is 0 Å². The van der Waals surface area contributed by atoms with Crippen LogP contribution in [0.15, 0.2) is 83.5 Å². The fourth-order valence-corrected chi connectivity index (χ4v) is 3.84. The molecule has 5 aromatic rings. The van der Waals surface area contributed by atoms with E-state index in [1.54, 1.807) is 67.6 Å². The number of hydrogen-bond donors (Lipinski definition) is 2. The molecule has 0 unspecified atom stereocenters. The summed E-state index contributed by atoms with van der Waals surface area (Å²) < 4.78 is 16.5. The molecule has 31 heavy (non-hydrogen) atoms. The number of para-hydroxylation sites is 2. The Balaban J connectivity index is 1.91. The first-order chi connectivity index (χ1) is 15.0. The van der Waals surface area contributed by atoms with Gasteiger partial charge in [0.15, 0.2) is 0 Å². The Kier molecular flexibility index (Phi) is 4.18. The Morgan fingerprint density at radius 1 is 0.677 bits per heavy atom. The zero-order valence-corrected chi connectivity index (χ0v) is 16.3. The zero-order chi connectivity index (χ0) is 21.7. The van der Waals surface area contributed by atoms with Crippen LogP contribution >= 0.6 is 0 Å². The van der Waals surface area contributed by atoms with E-state index in [9.17, 15) is 19.8 Å². The van der Waals surface area contributed by atoms with Gasteiger partial charge >= 0.3 is 11.3 Å². The smallest absolute Gasteiger partial charge is 0.344 e. The summed E-state index contributed by atoms with van der Waals surface area (Å²) in [4.78, 5) is 25.9. The van der Waals surface area contributed by atoms with Crippen LogP contribution in [0.3, 0.4) is 0 Å². The number of aromatic hydroxyl groups is 2. The topological polar surface area (TPSA) is 114 Å². The summed E-state index contributed by atoms with van der Waals surface area (Å²) in [5.41, 5.74) is -1.79. The Labute approximate surface area is 174 Å². The van der Waals surface area contributed by atoms with Gasteiger partial charge in [-0.15, -0.1) is 0 Å². The lowest BCUT2D eigenvalue weighted by Gasteiger charge is -2.17. The maximum absolute atomic E-state index is 13.0. The lowest BCUT2D eigenvalue weighted by molar-refractivity contribution is 0.419. The van der Waals surface area contributed by atoms with Gasteiger partial charge < -0.3 is 23.5 Å². The number of rotatable bonds is 3. The van der Waals surface area contributed by atoms with Crippen LogP contribution in [0.25, 0.3) is 21.9 Å². The van der Waals surface area contributed by atoms with Crippen LogP contribution in [0.1, 0.15) is 28.6 Å². The van der Waals surface area contributed by atoms with Crippen molar-refractivity contribution in [3.8, 4) is 11.5 Å². The van der Waals surface area contributed by atoms with Crippen molar-refractivity contribution in [1.82, 2.24) is 0 Å². The lowest BCUT2D eigenvalue weighted by atomic mass is 9.88. The van der Waals surface area contributed by atoms with Crippen molar-refractivity contribution in [3.63, 3.8) is 0 Å². The maximum Gasteiger partial charge on any atom is 0.344 e. The zero-order valence-electron chi connectivity index (χ0n) is 16.3. The average molecular weight is 416 g/mol. The number of furan rings is 1. The van der Waals surface area contributed by atoms with E-state index in [0.717, 1.165) is 0 Å². The molecule has 0 bridgehead atoms. The van der Waals surface area contributed by atoms with Crippen LogP contribution < -0.4 is 11.3 Å². The molecule has 0 radical (unpaired) electrons. The predicted molar refractivity (Wildman–Crippen MR) is 113 cm³/mol. The van der Waals surface area contributed by atoms with Crippen LogP contribution in [-0.4, -0.2) is 10.2 Å². The Morgan fingerprint density at radius 2 is 1.16 bits per heavy atom. The van der Waals surface area contributed by atoms with E-state index >= 15 is 0 Å². The van der Waals surface area contributed by atoms with Gasteiger partial charge in [0.2, 0.25) is 0 Å². The maximum atomic E-state index is 13.0. The molecule has 2 N–H and O–H groups in total. The molecule has 0 spiro atoms. The first kappa shape index (κ1) is 18.7. The van der Waals surface area contributed by atoms with E-state index in [0.29, 0.717) is 5.76 Å². The third-order valence-electron chi connectivity index (χ3n) is 5.26. The largest absolute Gasteiger partial charge is 0.507 e. The highest BCUT2D eigenvalue weighted by Gasteiger charge is 2.34. The Bertz CT molecular complexity index is 1470. The highest BCUT2D eigenvalue weighted by atomic mass is 16.4. The van der Waals surface area contributed by atoms with Gasteiger partial charge in [-0.3, -0.25) is 0 Å². The van der Waals surface area contributed by atoms with E-state index in [2.05, 4.69) is 0 Å². The third kappa shape index (κ3) is 2.90. The third-order valence-corrected chi connectivity index (χ3v) is 5.26. The second-order valence-electron chi connectivity index (χ2n) is 7.18. The van der Waals surface area contributed by atoms with Crippen LogP contribution in [0, 0.1) is 6.92 Å². The highest BCUT2D eigenvalue weighted by Crippen LogP contribution is 2.42. The Morgan fingerprint density at radius 3 is 1.61 bits per heavy atom. The molecule has 0 saturated carbocycles. The molecule has 5 rings (SSSR count). The van der Waals surface area contributed by atoms with Crippen molar-refractivity contribution >= 4 is 21.9 Å². The fraction of sp³-hybridized carbons (Fsp3) is 0.0833. The van der Waals surface area contributed by atoms with E-state index in [4.69, 9.17) is 13.3 Å². The first-order valence-corrected chi connectivity index (χ1v) is 9.51. The molecule has 0 atom stereocenters. The summed E-state index contributed by atoms with van der Waals surface area (Å²) in [7, 11) is 0. The minimum atomic E-state index is -1.25. The van der Waals surface area contributed by atoms with Gasteiger partial charge in [-0.25, -0.2) is 9.59 Å². The molecule has 0 saturated heterocycles. The van der Waals surface area contributed by atoms with Gasteiger partial charge in [-0.1, -0.05) is 24.3 Å². The lowest BCUT2D eigenvalue weighted by Crippen LogP contribution is -2.21. The number of aryl methyl sites for hydroxylation is 1. The quantitative estimate of drug-likeness (QED) is 0.419. The van der Waals surface area contributed by atoms with Crippen LogP contribution in [0.4, 0.5) is 0 Å². The minimum absolute atomic E-state index is 0.174. The minimum Gasteiger partial charge on any atom is -0.507 e. The summed E-state index contributed by atoms with van der Waals surface area (Å²) >= 11 is 0. The average Bonchev–Trinajstić information content (AvgIpc) is 3.18. The second kappa shape index (κ2) is 6.91. The van der Waals surface area contributed by atoms with E-state index in [1.807, 2.05) is 0 Å². The van der Waals surface area contributed by atoms with Gasteiger partial charge in [-0.2, -0.15) is 0 Å². The summed E-state index contributed by atoms with van der Waals surface area (Å²) in [6.45, 7) is 1.70. The van der Waals surface area contributed by atoms with Crippen LogP contribution in [0.5, 0.6) is 11.5 Å². The summed E-state index contributed by atoms with van der Waals surface area (Å²) in [5.74, 6) is -1.28. The first-order valence-electron chi connectivity index (χ1n) is 9.51. The number of fused-ring (bicyclic) bond motifs is 2. The molecule has 154 valence electrons. The molecule has 0 aliphatic carbocycles. The highest BCUT2D eigenvalue weighted by molar-refractivity contribution is 5.86. The van der Waals surface area contributed by atoms with E-state index in [1.165, 1.54) is 0 Å². The van der Waals surface area contributed by atoms with E-state index < -0.39 is 17.2 Å².